The molecule has 0 saturated carbocycles. The van der Waals surface area contributed by atoms with E-state index in [-0.39, 0.29) is 18.4 Å². The molecule has 0 aliphatic heterocycles. The smallest absolute Gasteiger partial charge is 0.326 e. The first kappa shape index (κ1) is 21.6. The molecule has 1 rings (SSSR count). The van der Waals surface area contributed by atoms with Crippen molar-refractivity contribution >= 4 is 20.3 Å². The number of aliphatic carboxylic acids is 1. The molecule has 3 N–H and O–H groups in total. The largest absolute Gasteiger partial charge is 0.480 e. The zero-order chi connectivity index (χ0) is 18.8. The molecule has 25 heavy (non-hydrogen) atoms. The highest BCUT2D eigenvalue weighted by atomic mass is 31.2. The lowest BCUT2D eigenvalue weighted by atomic mass is 9.98. The molecule has 1 amide bonds. The second-order valence-electron chi connectivity index (χ2n) is 6.51. The maximum absolute atomic E-state index is 12.5. The van der Waals surface area contributed by atoms with Crippen molar-refractivity contribution in [3.63, 3.8) is 0 Å². The van der Waals surface area contributed by atoms with Crippen molar-refractivity contribution in [1.82, 2.24) is 5.32 Å². The van der Waals surface area contributed by atoms with Gasteiger partial charge in [0.1, 0.15) is 6.04 Å². The lowest BCUT2D eigenvalue weighted by Crippen LogP contribution is -2.45. The number of benzene rings is 1. The van der Waals surface area contributed by atoms with Crippen molar-refractivity contribution in [2.75, 3.05) is 13.3 Å². The maximum atomic E-state index is 12.5. The summed E-state index contributed by atoms with van der Waals surface area (Å²) in [5.74, 6) is -1.74. The van der Waals surface area contributed by atoms with E-state index in [1.807, 2.05) is 44.2 Å². The van der Waals surface area contributed by atoms with Crippen molar-refractivity contribution in [1.29, 1.82) is 0 Å². The molecule has 0 bridgehead atoms. The summed E-state index contributed by atoms with van der Waals surface area (Å²) in [6.45, 7) is 5.44. The van der Waals surface area contributed by atoms with Crippen LogP contribution in [0.1, 0.15) is 32.3 Å². The van der Waals surface area contributed by atoms with E-state index in [2.05, 4.69) is 5.32 Å². The molecule has 0 heterocycles. The third-order valence-electron chi connectivity index (χ3n) is 3.78. The predicted molar refractivity (Wildman–Crippen MR) is 98.3 cm³/mol. The molecule has 6 nitrogen and oxygen atoms in total. The van der Waals surface area contributed by atoms with Crippen molar-refractivity contribution in [3.8, 4) is 0 Å². The highest BCUT2D eigenvalue weighted by Gasteiger charge is 2.26. The van der Waals surface area contributed by atoms with Gasteiger partial charge < -0.3 is 19.8 Å². The van der Waals surface area contributed by atoms with Crippen LogP contribution in [0.3, 0.4) is 0 Å². The van der Waals surface area contributed by atoms with Gasteiger partial charge in [-0.2, -0.15) is 0 Å². The Labute approximate surface area is 150 Å². The summed E-state index contributed by atoms with van der Waals surface area (Å²) in [6, 6.07) is 8.84. The van der Waals surface area contributed by atoms with Gasteiger partial charge in [0, 0.05) is 6.66 Å². The first-order chi connectivity index (χ1) is 11.8. The van der Waals surface area contributed by atoms with Crippen LogP contribution in [0.5, 0.6) is 0 Å². The molecular weight excluding hydrogens is 341 g/mol. The van der Waals surface area contributed by atoms with Crippen LogP contribution in [-0.4, -0.2) is 41.2 Å². The van der Waals surface area contributed by atoms with E-state index in [0.29, 0.717) is 19.3 Å². The lowest BCUT2D eigenvalue weighted by molar-refractivity contribution is -0.143. The van der Waals surface area contributed by atoms with Gasteiger partial charge in [-0.15, -0.1) is 0 Å². The zero-order valence-corrected chi connectivity index (χ0v) is 15.9. The zero-order valence-electron chi connectivity index (χ0n) is 15.0. The van der Waals surface area contributed by atoms with Gasteiger partial charge in [0.2, 0.25) is 5.91 Å². The van der Waals surface area contributed by atoms with Gasteiger partial charge in [-0.25, -0.2) is 4.79 Å². The van der Waals surface area contributed by atoms with Crippen molar-refractivity contribution < 1.29 is 24.1 Å². The molecule has 0 saturated heterocycles. The monoisotopic (exact) mass is 369 g/mol. The van der Waals surface area contributed by atoms with Crippen molar-refractivity contribution in [3.05, 3.63) is 35.9 Å². The van der Waals surface area contributed by atoms with Crippen LogP contribution in [0.4, 0.5) is 0 Å². The van der Waals surface area contributed by atoms with Gasteiger partial charge >= 0.3 is 5.97 Å². The topological polar surface area (TPSA) is 95.9 Å². The Morgan fingerprint density at radius 3 is 2.40 bits per heavy atom. The normalized spacial score (nSPS) is 14.8. The molecule has 3 atom stereocenters. The fourth-order valence-electron chi connectivity index (χ4n) is 2.46. The van der Waals surface area contributed by atoms with Gasteiger partial charge in [0.05, 0.1) is 12.5 Å². The molecule has 1 aromatic rings. The van der Waals surface area contributed by atoms with Crippen LogP contribution in [0.15, 0.2) is 30.3 Å². The standard InChI is InChI=1S/C18H28NO5P/c1-13(2)11-16(18(21)22)19-17(20)15(12-24-25(3)23)10-9-14-7-5-4-6-8-14/h4-8,13,15-16,23H,9-12H2,1-3H3,(H,19,20)(H,21,22). The Morgan fingerprint density at radius 2 is 1.88 bits per heavy atom. The first-order valence-electron chi connectivity index (χ1n) is 8.42. The van der Waals surface area contributed by atoms with Crippen LogP contribution in [-0.2, 0) is 20.5 Å². The van der Waals surface area contributed by atoms with E-state index in [1.165, 1.54) is 0 Å². The second-order valence-corrected chi connectivity index (χ2v) is 7.70. The molecule has 0 aliphatic rings. The van der Waals surface area contributed by atoms with E-state index < -0.39 is 26.3 Å². The van der Waals surface area contributed by atoms with E-state index in [9.17, 15) is 19.6 Å². The molecule has 0 radical (unpaired) electrons. The molecule has 1 aromatic carbocycles. The Balaban J connectivity index is 2.71. The van der Waals surface area contributed by atoms with Gasteiger partial charge in [-0.05, 0) is 30.7 Å². The second kappa shape index (κ2) is 11.2. The van der Waals surface area contributed by atoms with E-state index in [1.54, 1.807) is 6.66 Å². The Kier molecular flexibility index (Phi) is 9.65. The van der Waals surface area contributed by atoms with E-state index in [0.717, 1.165) is 5.56 Å². The minimum absolute atomic E-state index is 0.0748. The van der Waals surface area contributed by atoms with Gasteiger partial charge in [-0.1, -0.05) is 44.2 Å². The molecular formula is C18H28NO5P. The number of rotatable bonds is 11. The maximum Gasteiger partial charge on any atom is 0.326 e. The number of carboxylic acid groups (broad SMARTS) is 1. The van der Waals surface area contributed by atoms with Gasteiger partial charge in [0.25, 0.3) is 0 Å². The summed E-state index contributed by atoms with van der Waals surface area (Å²) in [6.07, 6.45) is 1.57. The minimum Gasteiger partial charge on any atom is -0.480 e. The van der Waals surface area contributed by atoms with E-state index in [4.69, 9.17) is 4.52 Å². The average molecular weight is 369 g/mol. The molecule has 0 spiro atoms. The Hall–Kier alpha value is -1.49. The number of hydrogen-bond donors (Lipinski definition) is 3. The first-order valence-corrected chi connectivity index (χ1v) is 10.1. The molecule has 140 valence electrons. The number of carboxylic acids is 1. The SMILES string of the molecule is CC(C)CC(NC(=O)C(CCc1ccccc1)COP(C)O)C(=O)O. The molecule has 0 fully saturated rings. The van der Waals surface area contributed by atoms with Crippen molar-refractivity contribution in [2.24, 2.45) is 11.8 Å². The van der Waals surface area contributed by atoms with E-state index >= 15 is 0 Å². The van der Waals surface area contributed by atoms with Gasteiger partial charge in [0.15, 0.2) is 8.38 Å². The Bertz CT molecular complexity index is 536. The fraction of sp³-hybridized carbons (Fsp3) is 0.556. The third kappa shape index (κ3) is 8.96. The van der Waals surface area contributed by atoms with Gasteiger partial charge in [-0.3, -0.25) is 4.79 Å². The fourth-order valence-corrected chi connectivity index (χ4v) is 2.85. The summed E-state index contributed by atoms with van der Waals surface area (Å²) >= 11 is 0. The quantitative estimate of drug-likeness (QED) is 0.521. The minimum atomic E-state index is -1.57. The summed E-state index contributed by atoms with van der Waals surface area (Å²) in [7, 11) is -1.57. The number of carbonyl (C=O) groups is 2. The summed E-state index contributed by atoms with van der Waals surface area (Å²) in [5, 5.41) is 11.9. The Morgan fingerprint density at radius 1 is 1.24 bits per heavy atom. The van der Waals surface area contributed by atoms with Crippen LogP contribution in [0.2, 0.25) is 0 Å². The molecule has 7 heteroatoms. The predicted octanol–water partition coefficient (Wildman–Crippen LogP) is 2.80. The molecule has 0 aliphatic carbocycles. The average Bonchev–Trinajstić information content (AvgIpc) is 2.54. The van der Waals surface area contributed by atoms with Crippen LogP contribution >= 0.6 is 8.38 Å². The number of amides is 1. The summed E-state index contributed by atoms with van der Waals surface area (Å²) < 4.78 is 5.25. The van der Waals surface area contributed by atoms with Crippen LogP contribution in [0.25, 0.3) is 0 Å². The highest BCUT2D eigenvalue weighted by Crippen LogP contribution is 2.27. The molecule has 0 aromatic heterocycles. The number of aryl methyl sites for hydroxylation is 1. The summed E-state index contributed by atoms with van der Waals surface area (Å²) in [5.41, 5.74) is 1.10. The lowest BCUT2D eigenvalue weighted by Gasteiger charge is -2.22. The number of nitrogens with one attached hydrogen (secondary N) is 1. The number of carbonyl (C=O) groups excluding carboxylic acids is 1. The van der Waals surface area contributed by atoms with Crippen molar-refractivity contribution in [2.45, 2.75) is 39.2 Å². The van der Waals surface area contributed by atoms with Crippen LogP contribution in [0, 0.1) is 11.8 Å². The third-order valence-corrected chi connectivity index (χ3v) is 4.30. The summed E-state index contributed by atoms with van der Waals surface area (Å²) in [4.78, 5) is 33.3. The number of hydrogen-bond acceptors (Lipinski definition) is 4. The molecule has 3 unspecified atom stereocenters. The van der Waals surface area contributed by atoms with Crippen LogP contribution < -0.4 is 5.32 Å². The highest BCUT2D eigenvalue weighted by molar-refractivity contribution is 7.45.